The van der Waals surface area contributed by atoms with E-state index in [1.54, 1.807) is 0 Å². The van der Waals surface area contributed by atoms with Crippen molar-refractivity contribution in [1.82, 2.24) is 5.06 Å². The molecule has 1 rings (SSSR count). The molecule has 0 saturated heterocycles. The summed E-state index contributed by atoms with van der Waals surface area (Å²) in [5, 5.41) is 12.9. The van der Waals surface area contributed by atoms with Crippen LogP contribution >= 0.6 is 12.2 Å². The third kappa shape index (κ3) is 2.48. The van der Waals surface area contributed by atoms with Crippen molar-refractivity contribution in [1.29, 1.82) is 0 Å². The van der Waals surface area contributed by atoms with E-state index >= 15 is 0 Å². The Labute approximate surface area is 76.6 Å². The van der Waals surface area contributed by atoms with Gasteiger partial charge in [-0.1, -0.05) is 18.2 Å². The lowest BCUT2D eigenvalue weighted by atomic mass is 10.3. The number of para-hydroxylation sites is 1. The summed E-state index contributed by atoms with van der Waals surface area (Å²) in [5.74, 6) is 0. The number of thiocarbonyl (C=S) groups is 1. The second-order valence-corrected chi connectivity index (χ2v) is 2.71. The third-order valence-electron chi connectivity index (χ3n) is 1.32. The van der Waals surface area contributed by atoms with Gasteiger partial charge < -0.3 is 5.32 Å². The highest BCUT2D eigenvalue weighted by atomic mass is 32.1. The minimum Gasteiger partial charge on any atom is -0.331 e. The van der Waals surface area contributed by atoms with Crippen LogP contribution in [0, 0.1) is 0 Å². The van der Waals surface area contributed by atoms with Crippen molar-refractivity contribution in [2.75, 3.05) is 12.4 Å². The first-order valence-corrected chi connectivity index (χ1v) is 3.89. The Kier molecular flexibility index (Phi) is 3.01. The molecule has 1 aromatic carbocycles. The number of rotatable bonds is 1. The number of nitrogens with one attached hydrogen (secondary N) is 1. The van der Waals surface area contributed by atoms with E-state index < -0.39 is 0 Å². The van der Waals surface area contributed by atoms with Crippen molar-refractivity contribution in [2.24, 2.45) is 0 Å². The highest BCUT2D eigenvalue weighted by Crippen LogP contribution is 2.05. The number of benzene rings is 1. The van der Waals surface area contributed by atoms with Gasteiger partial charge in [-0.25, -0.2) is 5.06 Å². The second kappa shape index (κ2) is 4.04. The van der Waals surface area contributed by atoms with Crippen LogP contribution in [0.5, 0.6) is 0 Å². The molecule has 0 aliphatic carbocycles. The maximum absolute atomic E-state index is 8.91. The molecular weight excluding hydrogens is 172 g/mol. The molecule has 0 atom stereocenters. The smallest absolute Gasteiger partial charge is 0.197 e. The van der Waals surface area contributed by atoms with Gasteiger partial charge in [0.2, 0.25) is 0 Å². The van der Waals surface area contributed by atoms with Gasteiger partial charge in [0.15, 0.2) is 5.11 Å². The van der Waals surface area contributed by atoms with E-state index in [4.69, 9.17) is 17.4 Å². The maximum Gasteiger partial charge on any atom is 0.197 e. The quantitative estimate of drug-likeness (QED) is 0.512. The summed E-state index contributed by atoms with van der Waals surface area (Å²) < 4.78 is 0. The largest absolute Gasteiger partial charge is 0.331 e. The monoisotopic (exact) mass is 182 g/mol. The van der Waals surface area contributed by atoms with E-state index in [-0.39, 0.29) is 5.11 Å². The van der Waals surface area contributed by atoms with Crippen LogP contribution in [0.4, 0.5) is 5.69 Å². The van der Waals surface area contributed by atoms with Crippen LogP contribution in [0.2, 0.25) is 0 Å². The molecule has 0 heterocycles. The van der Waals surface area contributed by atoms with Gasteiger partial charge in [0.05, 0.1) is 0 Å². The van der Waals surface area contributed by atoms with E-state index in [0.717, 1.165) is 10.8 Å². The first-order chi connectivity index (χ1) is 5.70. The molecule has 12 heavy (non-hydrogen) atoms. The Morgan fingerprint density at radius 3 is 2.50 bits per heavy atom. The van der Waals surface area contributed by atoms with Crippen molar-refractivity contribution in [3.05, 3.63) is 30.3 Å². The Morgan fingerprint density at radius 2 is 2.00 bits per heavy atom. The van der Waals surface area contributed by atoms with Gasteiger partial charge >= 0.3 is 0 Å². The third-order valence-corrected chi connectivity index (χ3v) is 1.69. The summed E-state index contributed by atoms with van der Waals surface area (Å²) in [7, 11) is 1.47. The van der Waals surface area contributed by atoms with Crippen molar-refractivity contribution in [3.8, 4) is 0 Å². The Hall–Kier alpha value is -1.13. The lowest BCUT2D eigenvalue weighted by Crippen LogP contribution is -2.27. The molecule has 0 aliphatic heterocycles. The van der Waals surface area contributed by atoms with E-state index in [1.165, 1.54) is 7.05 Å². The van der Waals surface area contributed by atoms with Gasteiger partial charge in [-0.15, -0.1) is 0 Å². The number of hydrogen-bond acceptors (Lipinski definition) is 2. The summed E-state index contributed by atoms with van der Waals surface area (Å²) in [5.41, 5.74) is 0.864. The highest BCUT2D eigenvalue weighted by Gasteiger charge is 1.98. The summed E-state index contributed by atoms with van der Waals surface area (Å²) in [4.78, 5) is 0. The lowest BCUT2D eigenvalue weighted by Gasteiger charge is -2.12. The van der Waals surface area contributed by atoms with Crippen molar-refractivity contribution >= 4 is 23.0 Å². The van der Waals surface area contributed by atoms with Gasteiger partial charge in [0, 0.05) is 12.7 Å². The normalized spacial score (nSPS) is 9.17. The minimum atomic E-state index is 0.279. The van der Waals surface area contributed by atoms with Gasteiger partial charge in [0.1, 0.15) is 0 Å². The van der Waals surface area contributed by atoms with Crippen molar-refractivity contribution in [2.45, 2.75) is 0 Å². The zero-order valence-electron chi connectivity index (χ0n) is 6.69. The van der Waals surface area contributed by atoms with Crippen molar-refractivity contribution < 1.29 is 5.21 Å². The summed E-state index contributed by atoms with van der Waals surface area (Å²) in [6.45, 7) is 0. The first kappa shape index (κ1) is 8.96. The molecule has 0 fully saturated rings. The summed E-state index contributed by atoms with van der Waals surface area (Å²) in [6.07, 6.45) is 0. The fourth-order valence-corrected chi connectivity index (χ4v) is 0.844. The predicted molar refractivity (Wildman–Crippen MR) is 52.2 cm³/mol. The standard InChI is InChI=1S/C8H10N2OS/c1-10(11)8(12)9-7-5-3-2-4-6-7/h2-6,11H,1H3,(H,9,12). The molecule has 2 N–H and O–H groups in total. The molecule has 0 radical (unpaired) electrons. The van der Waals surface area contributed by atoms with Gasteiger partial charge in [-0.05, 0) is 24.4 Å². The van der Waals surface area contributed by atoms with Crippen LogP contribution in [-0.4, -0.2) is 22.4 Å². The van der Waals surface area contributed by atoms with Crippen LogP contribution in [-0.2, 0) is 0 Å². The molecule has 0 unspecified atom stereocenters. The SMILES string of the molecule is CN(O)C(=S)Nc1ccccc1. The van der Waals surface area contributed by atoms with E-state index in [1.807, 2.05) is 30.3 Å². The molecule has 1 aromatic rings. The van der Waals surface area contributed by atoms with Crippen LogP contribution in [0.3, 0.4) is 0 Å². The minimum absolute atomic E-state index is 0.279. The molecule has 0 amide bonds. The molecule has 0 aliphatic rings. The zero-order chi connectivity index (χ0) is 8.97. The average molecular weight is 182 g/mol. The van der Waals surface area contributed by atoms with E-state index in [2.05, 4.69) is 5.32 Å². The molecule has 0 spiro atoms. The summed E-state index contributed by atoms with van der Waals surface area (Å²) >= 11 is 4.82. The molecular formula is C8H10N2OS. The van der Waals surface area contributed by atoms with Gasteiger partial charge in [-0.3, -0.25) is 5.21 Å². The van der Waals surface area contributed by atoms with Gasteiger partial charge in [0.25, 0.3) is 0 Å². The molecule has 4 heteroatoms. The van der Waals surface area contributed by atoms with E-state index in [0.29, 0.717) is 0 Å². The Morgan fingerprint density at radius 1 is 1.42 bits per heavy atom. The predicted octanol–water partition coefficient (Wildman–Crippen LogP) is 1.70. The average Bonchev–Trinajstić information content (AvgIpc) is 2.06. The molecule has 64 valence electrons. The molecule has 0 saturated carbocycles. The van der Waals surface area contributed by atoms with E-state index in [9.17, 15) is 0 Å². The topological polar surface area (TPSA) is 35.5 Å². The first-order valence-electron chi connectivity index (χ1n) is 3.49. The number of hydrogen-bond donors (Lipinski definition) is 2. The number of nitrogens with zero attached hydrogens (tertiary/aromatic N) is 1. The number of hydroxylamine groups is 2. The van der Waals surface area contributed by atoms with Crippen LogP contribution < -0.4 is 5.32 Å². The fraction of sp³-hybridized carbons (Fsp3) is 0.125. The summed E-state index contributed by atoms with van der Waals surface area (Å²) in [6, 6.07) is 9.44. The highest BCUT2D eigenvalue weighted by molar-refractivity contribution is 7.80. The fourth-order valence-electron chi connectivity index (χ4n) is 0.726. The van der Waals surface area contributed by atoms with Crippen LogP contribution in [0.25, 0.3) is 0 Å². The second-order valence-electron chi connectivity index (χ2n) is 2.32. The lowest BCUT2D eigenvalue weighted by molar-refractivity contribution is 0.0166. The molecule has 0 aromatic heterocycles. The Balaban J connectivity index is 2.59. The molecule has 0 bridgehead atoms. The maximum atomic E-state index is 8.91. The van der Waals surface area contributed by atoms with Crippen molar-refractivity contribution in [3.63, 3.8) is 0 Å². The van der Waals surface area contributed by atoms with Gasteiger partial charge in [-0.2, -0.15) is 0 Å². The molecule has 3 nitrogen and oxygen atoms in total. The van der Waals surface area contributed by atoms with Crippen LogP contribution in [0.1, 0.15) is 0 Å². The van der Waals surface area contributed by atoms with Crippen LogP contribution in [0.15, 0.2) is 30.3 Å². The Bertz CT molecular complexity index is 261. The number of anilines is 1. The zero-order valence-corrected chi connectivity index (χ0v) is 7.51.